The summed E-state index contributed by atoms with van der Waals surface area (Å²) in [6.07, 6.45) is 8.26. The summed E-state index contributed by atoms with van der Waals surface area (Å²) in [5, 5.41) is 10.8. The van der Waals surface area contributed by atoms with Crippen LogP contribution in [0.3, 0.4) is 0 Å². The van der Waals surface area contributed by atoms with Crippen molar-refractivity contribution in [1.82, 2.24) is 20.4 Å². The molecule has 22 heavy (non-hydrogen) atoms. The molecule has 0 aliphatic rings. The second kappa shape index (κ2) is 13.8. The molecule has 128 valence electrons. The number of hydrogen-bond donors (Lipinski definition) is 2. The molecule has 6 nitrogen and oxygen atoms in total. The number of nitrogens with zero attached hydrogens (tertiary/aromatic N) is 3. The van der Waals surface area contributed by atoms with Gasteiger partial charge in [-0.2, -0.15) is 5.10 Å². The molecule has 0 radical (unpaired) electrons. The summed E-state index contributed by atoms with van der Waals surface area (Å²) in [7, 11) is 3.75. The zero-order chi connectivity index (χ0) is 15.3. The van der Waals surface area contributed by atoms with E-state index >= 15 is 0 Å². The molecular formula is C15H30IN5O. The van der Waals surface area contributed by atoms with Crippen LogP contribution in [0.25, 0.3) is 0 Å². The molecule has 0 saturated heterocycles. The van der Waals surface area contributed by atoms with Crippen molar-refractivity contribution in [2.75, 3.05) is 33.4 Å². The van der Waals surface area contributed by atoms with Crippen molar-refractivity contribution in [1.29, 1.82) is 0 Å². The maximum Gasteiger partial charge on any atom is 0.190 e. The molecule has 0 aliphatic heterocycles. The van der Waals surface area contributed by atoms with Crippen molar-refractivity contribution >= 4 is 29.9 Å². The van der Waals surface area contributed by atoms with E-state index in [0.717, 1.165) is 57.9 Å². The van der Waals surface area contributed by atoms with Gasteiger partial charge in [0.05, 0.1) is 6.20 Å². The quantitative estimate of drug-likeness (QED) is 0.261. The number of unbranched alkanes of at least 4 members (excludes halogenated alkanes) is 1. The van der Waals surface area contributed by atoms with E-state index in [2.05, 4.69) is 26.9 Å². The lowest BCUT2D eigenvalue weighted by molar-refractivity contribution is 0.143. The van der Waals surface area contributed by atoms with Gasteiger partial charge in [-0.1, -0.05) is 0 Å². The summed E-state index contributed by atoms with van der Waals surface area (Å²) in [4.78, 5) is 4.22. The molecule has 0 atom stereocenters. The van der Waals surface area contributed by atoms with Gasteiger partial charge in [-0.25, -0.2) is 0 Å². The largest absolute Gasteiger partial charge is 0.382 e. The van der Waals surface area contributed by atoms with E-state index in [0.29, 0.717) is 0 Å². The first-order valence-corrected chi connectivity index (χ1v) is 7.76. The summed E-state index contributed by atoms with van der Waals surface area (Å²) < 4.78 is 7.15. The Balaban J connectivity index is 0.00000441. The minimum atomic E-state index is 0. The standard InChI is InChI=1S/C15H29N5O.HI/c1-4-21-11-6-5-9-17-15(16-2)18-10-7-8-14-12-19-20(3)13-14;/h12-13H,4-11H2,1-3H3,(H2,16,17,18);1H. The maximum atomic E-state index is 5.31. The van der Waals surface area contributed by atoms with E-state index in [1.165, 1.54) is 5.56 Å². The van der Waals surface area contributed by atoms with Crippen LogP contribution in [-0.4, -0.2) is 49.1 Å². The monoisotopic (exact) mass is 423 g/mol. The van der Waals surface area contributed by atoms with Crippen LogP contribution in [0, 0.1) is 0 Å². The van der Waals surface area contributed by atoms with Crippen LogP contribution in [0.5, 0.6) is 0 Å². The third-order valence-corrected chi connectivity index (χ3v) is 3.13. The number of guanidine groups is 1. The number of hydrogen-bond acceptors (Lipinski definition) is 3. The smallest absolute Gasteiger partial charge is 0.190 e. The van der Waals surface area contributed by atoms with E-state index in [4.69, 9.17) is 4.74 Å². The van der Waals surface area contributed by atoms with Gasteiger partial charge < -0.3 is 15.4 Å². The summed E-state index contributed by atoms with van der Waals surface area (Å²) in [5.74, 6) is 0.873. The Morgan fingerprint density at radius 3 is 2.59 bits per heavy atom. The highest BCUT2D eigenvalue weighted by Gasteiger charge is 1.99. The second-order valence-electron chi connectivity index (χ2n) is 4.96. The highest BCUT2D eigenvalue weighted by molar-refractivity contribution is 14.0. The van der Waals surface area contributed by atoms with Crippen LogP contribution in [0.2, 0.25) is 0 Å². The van der Waals surface area contributed by atoms with E-state index in [1.54, 1.807) is 7.05 Å². The fourth-order valence-corrected chi connectivity index (χ4v) is 2.00. The van der Waals surface area contributed by atoms with E-state index < -0.39 is 0 Å². The number of aliphatic imine (C=N–C) groups is 1. The highest BCUT2D eigenvalue weighted by Crippen LogP contribution is 1.99. The Bertz CT molecular complexity index is 408. The molecule has 0 amide bonds. The molecule has 7 heteroatoms. The van der Waals surface area contributed by atoms with Crippen LogP contribution in [0.1, 0.15) is 31.7 Å². The normalized spacial score (nSPS) is 11.1. The Morgan fingerprint density at radius 2 is 2.00 bits per heavy atom. The molecule has 0 aliphatic carbocycles. The first kappa shape index (κ1) is 21.2. The molecule has 0 fully saturated rings. The summed E-state index contributed by atoms with van der Waals surface area (Å²) >= 11 is 0. The number of nitrogens with one attached hydrogen (secondary N) is 2. The van der Waals surface area contributed by atoms with Crippen molar-refractivity contribution in [2.24, 2.45) is 12.0 Å². The molecule has 0 aromatic carbocycles. The fraction of sp³-hybridized carbons (Fsp3) is 0.733. The number of aryl methyl sites for hydroxylation is 2. The molecule has 1 aromatic rings. The van der Waals surface area contributed by atoms with E-state index in [-0.39, 0.29) is 24.0 Å². The van der Waals surface area contributed by atoms with Gasteiger partial charge in [-0.3, -0.25) is 9.67 Å². The molecule has 0 spiro atoms. The molecule has 0 unspecified atom stereocenters. The fourth-order valence-electron chi connectivity index (χ4n) is 2.00. The predicted octanol–water partition coefficient (Wildman–Crippen LogP) is 1.95. The zero-order valence-electron chi connectivity index (χ0n) is 14.0. The first-order valence-electron chi connectivity index (χ1n) is 7.76. The van der Waals surface area contributed by atoms with Crippen molar-refractivity contribution < 1.29 is 4.74 Å². The molecule has 1 aromatic heterocycles. The van der Waals surface area contributed by atoms with E-state index in [1.807, 2.05) is 24.9 Å². The zero-order valence-corrected chi connectivity index (χ0v) is 16.3. The Morgan fingerprint density at radius 1 is 1.27 bits per heavy atom. The van der Waals surface area contributed by atoms with Crippen LogP contribution in [-0.2, 0) is 18.2 Å². The van der Waals surface area contributed by atoms with Gasteiger partial charge in [-0.05, 0) is 38.2 Å². The Labute approximate surface area is 151 Å². The molecule has 1 heterocycles. The predicted molar refractivity (Wildman–Crippen MR) is 102 cm³/mol. The van der Waals surface area contributed by atoms with Gasteiger partial charge in [0.15, 0.2) is 5.96 Å². The minimum absolute atomic E-state index is 0. The van der Waals surface area contributed by atoms with Crippen molar-refractivity contribution in [2.45, 2.75) is 32.6 Å². The maximum absolute atomic E-state index is 5.31. The molecular weight excluding hydrogens is 393 g/mol. The first-order chi connectivity index (χ1) is 10.3. The molecule has 1 rings (SSSR count). The number of aromatic nitrogens is 2. The second-order valence-corrected chi connectivity index (χ2v) is 4.96. The lowest BCUT2D eigenvalue weighted by atomic mass is 10.2. The van der Waals surface area contributed by atoms with E-state index in [9.17, 15) is 0 Å². The van der Waals surface area contributed by atoms with Crippen molar-refractivity contribution in [3.05, 3.63) is 18.0 Å². The third kappa shape index (κ3) is 9.99. The summed E-state index contributed by atoms with van der Waals surface area (Å²) in [6.45, 7) is 5.50. The Kier molecular flexibility index (Phi) is 13.3. The van der Waals surface area contributed by atoms with Crippen LogP contribution >= 0.6 is 24.0 Å². The third-order valence-electron chi connectivity index (χ3n) is 3.13. The lowest BCUT2D eigenvalue weighted by Gasteiger charge is -2.11. The summed E-state index contributed by atoms with van der Waals surface area (Å²) in [5.41, 5.74) is 1.28. The average molecular weight is 423 g/mol. The highest BCUT2D eigenvalue weighted by atomic mass is 127. The van der Waals surface area contributed by atoms with Crippen molar-refractivity contribution in [3.63, 3.8) is 0 Å². The topological polar surface area (TPSA) is 63.5 Å². The van der Waals surface area contributed by atoms with Gasteiger partial charge in [0, 0.05) is 46.6 Å². The van der Waals surface area contributed by atoms with Gasteiger partial charge in [-0.15, -0.1) is 24.0 Å². The number of ether oxygens (including phenoxy) is 1. The minimum Gasteiger partial charge on any atom is -0.382 e. The molecule has 2 N–H and O–H groups in total. The van der Waals surface area contributed by atoms with Gasteiger partial charge in [0.2, 0.25) is 0 Å². The Hall–Kier alpha value is -0.830. The van der Waals surface area contributed by atoms with Crippen LogP contribution in [0.15, 0.2) is 17.4 Å². The number of halogens is 1. The van der Waals surface area contributed by atoms with Gasteiger partial charge >= 0.3 is 0 Å². The number of rotatable bonds is 10. The van der Waals surface area contributed by atoms with Crippen molar-refractivity contribution in [3.8, 4) is 0 Å². The molecule has 0 saturated carbocycles. The van der Waals surface area contributed by atoms with Crippen LogP contribution in [0.4, 0.5) is 0 Å². The average Bonchev–Trinajstić information content (AvgIpc) is 2.90. The SMILES string of the molecule is CCOCCCCNC(=NC)NCCCc1cnn(C)c1.I. The summed E-state index contributed by atoms with van der Waals surface area (Å²) in [6, 6.07) is 0. The molecule has 0 bridgehead atoms. The lowest BCUT2D eigenvalue weighted by Crippen LogP contribution is -2.38. The van der Waals surface area contributed by atoms with Crippen LogP contribution < -0.4 is 10.6 Å². The van der Waals surface area contributed by atoms with Gasteiger partial charge in [0.25, 0.3) is 0 Å². The van der Waals surface area contributed by atoms with Gasteiger partial charge in [0.1, 0.15) is 0 Å².